The second-order valence-corrected chi connectivity index (χ2v) is 5.55. The van der Waals surface area contributed by atoms with Crippen LogP contribution in [0.3, 0.4) is 0 Å². The van der Waals surface area contributed by atoms with Crippen LogP contribution in [0.5, 0.6) is 0 Å². The summed E-state index contributed by atoms with van der Waals surface area (Å²) in [5.74, 6) is 0. The van der Waals surface area contributed by atoms with Crippen molar-refractivity contribution in [1.29, 1.82) is 0 Å². The van der Waals surface area contributed by atoms with Crippen LogP contribution in [0.15, 0.2) is 47.4 Å². The predicted molar refractivity (Wildman–Crippen MR) is 77.0 cm³/mol. The van der Waals surface area contributed by atoms with Crippen molar-refractivity contribution in [3.05, 3.63) is 52.6 Å². The Morgan fingerprint density at radius 2 is 1.90 bits per heavy atom. The zero-order valence-corrected chi connectivity index (χ0v) is 11.4. The molecule has 0 heterocycles. The van der Waals surface area contributed by atoms with E-state index in [1.165, 1.54) is 6.07 Å². The van der Waals surface area contributed by atoms with Crippen molar-refractivity contribution in [1.82, 2.24) is 0 Å². The average molecular weight is 309 g/mol. The van der Waals surface area contributed by atoms with Gasteiger partial charge < -0.3 is 11.1 Å². The van der Waals surface area contributed by atoms with E-state index in [0.29, 0.717) is 11.4 Å². The number of benzene rings is 2. The van der Waals surface area contributed by atoms with Crippen LogP contribution in [0.1, 0.15) is 0 Å². The quantitative estimate of drug-likeness (QED) is 0.341. The van der Waals surface area contributed by atoms with Crippen LogP contribution in [0.25, 0.3) is 0 Å². The minimum absolute atomic E-state index is 0.00806. The first-order chi connectivity index (χ1) is 9.77. The first-order valence-electron chi connectivity index (χ1n) is 5.66. The number of nitro benzene ring substituents is 1. The van der Waals surface area contributed by atoms with E-state index in [-0.39, 0.29) is 5.69 Å². The van der Waals surface area contributed by atoms with Gasteiger partial charge in [-0.15, -0.1) is 0 Å². The maximum atomic E-state index is 11.4. The molecule has 2 aromatic carbocycles. The maximum Gasteiger partial charge on any atom is 0.296 e. The number of nitrogens with two attached hydrogens (primary N) is 1. The number of non-ortho nitro benzene ring substituents is 1. The summed E-state index contributed by atoms with van der Waals surface area (Å²) >= 11 is 0. The van der Waals surface area contributed by atoms with Gasteiger partial charge in [-0.05, 0) is 24.3 Å². The fraction of sp³-hybridized carbons (Fsp3) is 0. The molecule has 0 amide bonds. The molecule has 0 radical (unpaired) electrons. The first kappa shape index (κ1) is 14.8. The molecule has 9 heteroatoms. The third kappa shape index (κ3) is 3.46. The minimum Gasteiger partial charge on any atom is -0.399 e. The zero-order valence-electron chi connectivity index (χ0n) is 10.6. The van der Waals surface area contributed by atoms with Crippen LogP contribution in [0.2, 0.25) is 0 Å². The van der Waals surface area contributed by atoms with Crippen molar-refractivity contribution in [2.24, 2.45) is 0 Å². The van der Waals surface area contributed by atoms with Gasteiger partial charge in [0.05, 0.1) is 10.6 Å². The van der Waals surface area contributed by atoms with Gasteiger partial charge in [-0.1, -0.05) is 6.07 Å². The number of nitrogens with one attached hydrogen (secondary N) is 1. The van der Waals surface area contributed by atoms with Crippen molar-refractivity contribution in [3.8, 4) is 0 Å². The highest BCUT2D eigenvalue weighted by Crippen LogP contribution is 2.29. The summed E-state index contributed by atoms with van der Waals surface area (Å²) in [5.41, 5.74) is 6.10. The van der Waals surface area contributed by atoms with E-state index >= 15 is 0 Å². The lowest BCUT2D eigenvalue weighted by molar-refractivity contribution is -0.385. The summed E-state index contributed by atoms with van der Waals surface area (Å²) in [6, 6.07) is 9.58. The van der Waals surface area contributed by atoms with E-state index in [0.717, 1.165) is 12.1 Å². The highest BCUT2D eigenvalue weighted by Gasteiger charge is 2.20. The van der Waals surface area contributed by atoms with Crippen LogP contribution in [-0.4, -0.2) is 17.9 Å². The molecule has 8 nitrogen and oxygen atoms in total. The lowest BCUT2D eigenvalue weighted by Crippen LogP contribution is -2.04. The topological polar surface area (TPSA) is 136 Å². The Balaban J connectivity index is 2.51. The van der Waals surface area contributed by atoms with E-state index in [2.05, 4.69) is 5.32 Å². The van der Waals surface area contributed by atoms with Gasteiger partial charge in [-0.2, -0.15) is 8.42 Å². The third-order valence-corrected chi connectivity index (χ3v) is 3.51. The molecule has 2 aromatic rings. The zero-order chi connectivity index (χ0) is 15.6. The summed E-state index contributed by atoms with van der Waals surface area (Å²) in [7, 11) is -4.62. The van der Waals surface area contributed by atoms with E-state index < -0.39 is 25.6 Å². The number of rotatable bonds is 4. The monoisotopic (exact) mass is 309 g/mol. The van der Waals surface area contributed by atoms with E-state index in [9.17, 15) is 23.1 Å². The molecule has 0 fully saturated rings. The molecule has 0 bridgehead atoms. The smallest absolute Gasteiger partial charge is 0.296 e. The molecule has 0 aromatic heterocycles. The summed E-state index contributed by atoms with van der Waals surface area (Å²) in [5, 5.41) is 13.4. The van der Waals surface area contributed by atoms with Crippen LogP contribution in [0, 0.1) is 10.1 Å². The SMILES string of the molecule is Nc1cccc(Nc2ccc([N+](=O)[O-])cc2S(=O)(=O)O)c1. The normalized spacial score (nSPS) is 11.1. The van der Waals surface area contributed by atoms with Crippen molar-refractivity contribution in [2.75, 3.05) is 11.1 Å². The molecule has 0 aliphatic carbocycles. The lowest BCUT2D eigenvalue weighted by Gasteiger charge is -2.10. The Bertz CT molecular complexity index is 804. The Kier molecular flexibility index (Phi) is 3.78. The molecule has 0 spiro atoms. The summed E-state index contributed by atoms with van der Waals surface area (Å²) in [6.07, 6.45) is 0. The molecule has 0 aliphatic heterocycles. The molecular weight excluding hydrogens is 298 g/mol. The molecule has 4 N–H and O–H groups in total. The maximum absolute atomic E-state index is 11.4. The third-order valence-electron chi connectivity index (χ3n) is 2.62. The molecule has 0 unspecified atom stereocenters. The van der Waals surface area contributed by atoms with Gasteiger partial charge in [0.2, 0.25) is 0 Å². The first-order valence-corrected chi connectivity index (χ1v) is 7.10. The second kappa shape index (κ2) is 5.38. The van der Waals surface area contributed by atoms with Gasteiger partial charge in [-0.25, -0.2) is 0 Å². The lowest BCUT2D eigenvalue weighted by atomic mass is 10.2. The Morgan fingerprint density at radius 3 is 2.48 bits per heavy atom. The van der Waals surface area contributed by atoms with Crippen LogP contribution in [-0.2, 0) is 10.1 Å². The Hall–Kier alpha value is -2.65. The molecule has 21 heavy (non-hydrogen) atoms. The number of nitrogens with zero attached hydrogens (tertiary/aromatic N) is 1. The van der Waals surface area contributed by atoms with Crippen LogP contribution >= 0.6 is 0 Å². The van der Waals surface area contributed by atoms with Crippen molar-refractivity contribution >= 4 is 32.9 Å². The number of hydrogen-bond acceptors (Lipinski definition) is 6. The van der Waals surface area contributed by atoms with Gasteiger partial charge in [-0.3, -0.25) is 14.7 Å². The van der Waals surface area contributed by atoms with Gasteiger partial charge in [0.1, 0.15) is 4.90 Å². The molecule has 0 saturated carbocycles. The molecular formula is C12H11N3O5S. The number of anilines is 3. The van der Waals surface area contributed by atoms with Gasteiger partial charge in [0, 0.05) is 23.5 Å². The van der Waals surface area contributed by atoms with E-state index in [4.69, 9.17) is 5.73 Å². The Labute approximate surface area is 120 Å². The number of nitrogen functional groups attached to an aromatic ring is 1. The average Bonchev–Trinajstić information content (AvgIpc) is 2.37. The Morgan fingerprint density at radius 1 is 1.19 bits per heavy atom. The molecule has 110 valence electrons. The minimum atomic E-state index is -4.62. The summed E-state index contributed by atoms with van der Waals surface area (Å²) in [6.45, 7) is 0. The molecule has 0 aliphatic rings. The predicted octanol–water partition coefficient (Wildman–Crippen LogP) is 2.17. The highest BCUT2D eigenvalue weighted by molar-refractivity contribution is 7.86. The van der Waals surface area contributed by atoms with Crippen molar-refractivity contribution in [2.45, 2.75) is 4.90 Å². The van der Waals surface area contributed by atoms with Crippen molar-refractivity contribution in [3.63, 3.8) is 0 Å². The standard InChI is InChI=1S/C12H11N3O5S/c13-8-2-1-3-9(6-8)14-11-5-4-10(15(16)17)7-12(11)21(18,19)20/h1-7,14H,13H2,(H,18,19,20). The van der Waals surface area contributed by atoms with Crippen LogP contribution in [0.4, 0.5) is 22.7 Å². The largest absolute Gasteiger partial charge is 0.399 e. The van der Waals surface area contributed by atoms with Crippen molar-refractivity contribution < 1.29 is 17.9 Å². The fourth-order valence-electron chi connectivity index (χ4n) is 1.71. The number of nitro groups is 1. The highest BCUT2D eigenvalue weighted by atomic mass is 32.2. The van der Waals surface area contributed by atoms with Crippen LogP contribution < -0.4 is 11.1 Å². The van der Waals surface area contributed by atoms with Gasteiger partial charge in [0.15, 0.2) is 0 Å². The molecule has 0 atom stereocenters. The number of hydrogen-bond donors (Lipinski definition) is 3. The second-order valence-electron chi connectivity index (χ2n) is 4.16. The van der Waals surface area contributed by atoms with E-state index in [1.54, 1.807) is 24.3 Å². The van der Waals surface area contributed by atoms with E-state index in [1.807, 2.05) is 0 Å². The van der Waals surface area contributed by atoms with Gasteiger partial charge >= 0.3 is 0 Å². The summed E-state index contributed by atoms with van der Waals surface area (Å²) in [4.78, 5) is 9.35. The molecule has 2 rings (SSSR count). The van der Waals surface area contributed by atoms with Gasteiger partial charge in [0.25, 0.3) is 15.8 Å². The molecule has 0 saturated heterocycles. The fourth-order valence-corrected chi connectivity index (χ4v) is 2.38. The summed E-state index contributed by atoms with van der Waals surface area (Å²) < 4.78 is 31.9.